The molecule has 0 fully saturated rings. The summed E-state index contributed by atoms with van der Waals surface area (Å²) in [6.07, 6.45) is 2.09. The normalized spacial score (nSPS) is 12.4. The van der Waals surface area contributed by atoms with Crippen LogP contribution in [0, 0.1) is 0 Å². The van der Waals surface area contributed by atoms with Gasteiger partial charge in [0.1, 0.15) is 0 Å². The number of methoxy groups -OCH3 is 1. The molecule has 0 saturated heterocycles. The summed E-state index contributed by atoms with van der Waals surface area (Å²) in [5.41, 5.74) is 4.71. The lowest BCUT2D eigenvalue weighted by Crippen LogP contribution is -2.51. The number of carbonyl (C=O) groups excluding carboxylic acids is 1. The van der Waals surface area contributed by atoms with Crippen molar-refractivity contribution < 1.29 is 9.53 Å². The zero-order valence-electron chi connectivity index (χ0n) is 19.2. The Morgan fingerprint density at radius 3 is 2.00 bits per heavy atom. The third-order valence-corrected chi connectivity index (χ3v) is 13.3. The number of fused-ring (bicyclic) bond motifs is 1. The van der Waals surface area contributed by atoms with E-state index in [1.165, 1.54) is 18.3 Å². The first-order chi connectivity index (χ1) is 13.2. The van der Waals surface area contributed by atoms with Gasteiger partial charge in [0.15, 0.2) is 8.24 Å². The van der Waals surface area contributed by atoms with Crippen LogP contribution >= 0.6 is 0 Å². The van der Waals surface area contributed by atoms with Gasteiger partial charge in [0, 0.05) is 35.9 Å². The van der Waals surface area contributed by atoms with E-state index in [2.05, 4.69) is 88.9 Å². The van der Waals surface area contributed by atoms with Crippen LogP contribution in [0.3, 0.4) is 0 Å². The first-order valence-corrected chi connectivity index (χ1v) is 12.8. The number of rotatable bonds is 8. The summed E-state index contributed by atoms with van der Waals surface area (Å²) in [4.78, 5) is 14.9. The number of hydrogen-bond donors (Lipinski definition) is 0. The number of ether oxygens (including phenoxy) is 1. The van der Waals surface area contributed by atoms with Gasteiger partial charge in [0.05, 0.1) is 12.7 Å². The van der Waals surface area contributed by atoms with Gasteiger partial charge in [-0.15, -0.1) is 0 Å². The molecule has 1 heterocycles. The van der Waals surface area contributed by atoms with Crippen LogP contribution in [0.1, 0.15) is 65.7 Å². The van der Waals surface area contributed by atoms with Crippen LogP contribution in [0.15, 0.2) is 24.4 Å². The second-order valence-corrected chi connectivity index (χ2v) is 14.4. The summed E-state index contributed by atoms with van der Waals surface area (Å²) in [7, 11) is -0.528. The highest BCUT2D eigenvalue weighted by Gasteiger charge is 2.46. The molecule has 1 aromatic heterocycles. The quantitative estimate of drug-likeness (QED) is 0.384. The van der Waals surface area contributed by atoms with Gasteiger partial charge >= 0.3 is 5.97 Å². The highest BCUT2D eigenvalue weighted by Crippen LogP contribution is 2.45. The molecule has 2 rings (SSSR count). The van der Waals surface area contributed by atoms with Crippen molar-refractivity contribution in [3.05, 3.63) is 30.0 Å². The number of esters is 1. The Morgan fingerprint density at radius 2 is 1.57 bits per heavy atom. The van der Waals surface area contributed by atoms with Crippen LogP contribution in [0.25, 0.3) is 10.9 Å². The molecule has 0 atom stereocenters. The highest BCUT2D eigenvalue weighted by atomic mass is 28.3. The minimum absolute atomic E-state index is 0.251. The average molecular weight is 403 g/mol. The van der Waals surface area contributed by atoms with Gasteiger partial charge in [-0.1, -0.05) is 41.5 Å². The molecule has 0 aliphatic heterocycles. The zero-order valence-corrected chi connectivity index (χ0v) is 20.2. The van der Waals surface area contributed by atoms with Gasteiger partial charge in [0.25, 0.3) is 0 Å². The Hall–Kier alpha value is -1.75. The molecule has 1 aromatic carbocycles. The topological polar surface area (TPSA) is 34.5 Å². The van der Waals surface area contributed by atoms with Crippen molar-refractivity contribution in [2.75, 3.05) is 25.1 Å². The minimum atomic E-state index is -1.99. The molecule has 0 N–H and O–H groups in total. The van der Waals surface area contributed by atoms with Crippen molar-refractivity contribution >= 4 is 30.8 Å². The van der Waals surface area contributed by atoms with Gasteiger partial charge < -0.3 is 13.9 Å². The molecular formula is C23H38N2O2Si. The summed E-state index contributed by atoms with van der Waals surface area (Å²) in [6, 6.07) is 6.52. The van der Waals surface area contributed by atoms with E-state index in [-0.39, 0.29) is 5.97 Å². The van der Waals surface area contributed by atoms with Crippen molar-refractivity contribution in [2.24, 2.45) is 0 Å². The average Bonchev–Trinajstić information content (AvgIpc) is 3.01. The van der Waals surface area contributed by atoms with Gasteiger partial charge in [-0.25, -0.2) is 4.79 Å². The third-order valence-electron chi connectivity index (χ3n) is 6.51. The molecule has 0 unspecified atom stereocenters. The Balaban J connectivity index is 2.93. The fraction of sp³-hybridized carbons (Fsp3) is 0.609. The van der Waals surface area contributed by atoms with Crippen molar-refractivity contribution in [1.29, 1.82) is 0 Å². The number of carbonyl (C=O) groups is 1. The molecular weight excluding hydrogens is 364 g/mol. The van der Waals surface area contributed by atoms with Crippen molar-refractivity contribution in [3.63, 3.8) is 0 Å². The van der Waals surface area contributed by atoms with E-state index in [4.69, 9.17) is 4.74 Å². The second kappa shape index (κ2) is 8.72. The SMILES string of the molecule is CCN(CC)c1ccc2c(C(=O)OC)cn([Si](C(C)C)(C(C)C)C(C)C)c2c1. The van der Waals surface area contributed by atoms with Crippen LogP contribution in [-0.2, 0) is 4.74 Å². The Morgan fingerprint density at radius 1 is 1.04 bits per heavy atom. The maximum Gasteiger partial charge on any atom is 0.340 e. The van der Waals surface area contributed by atoms with E-state index in [1.807, 2.05) is 0 Å². The molecule has 0 aliphatic carbocycles. The number of benzene rings is 1. The third kappa shape index (κ3) is 3.49. The molecule has 4 nitrogen and oxygen atoms in total. The van der Waals surface area contributed by atoms with E-state index >= 15 is 0 Å². The van der Waals surface area contributed by atoms with Gasteiger partial charge in [-0.3, -0.25) is 0 Å². The van der Waals surface area contributed by atoms with E-state index < -0.39 is 8.24 Å². The number of nitrogens with zero attached hydrogens (tertiary/aromatic N) is 2. The van der Waals surface area contributed by atoms with Crippen LogP contribution in [0.2, 0.25) is 16.6 Å². The monoisotopic (exact) mass is 402 g/mol. The summed E-state index contributed by atoms with van der Waals surface area (Å²) in [5.74, 6) is -0.251. The summed E-state index contributed by atoms with van der Waals surface area (Å²) < 4.78 is 7.64. The molecule has 0 spiro atoms. The Labute approximate surface area is 172 Å². The van der Waals surface area contributed by atoms with E-state index in [0.717, 1.165) is 18.5 Å². The van der Waals surface area contributed by atoms with Gasteiger partial charge in [-0.05, 0) is 48.7 Å². The van der Waals surface area contributed by atoms with Crippen LogP contribution in [-0.4, -0.2) is 38.6 Å². The summed E-state index contributed by atoms with van der Waals surface area (Å²) in [5, 5.41) is 1.00. The van der Waals surface area contributed by atoms with Crippen LogP contribution < -0.4 is 4.90 Å². The standard InChI is InChI=1S/C23H38N2O2Si/c1-10-24(11-2)19-12-13-20-21(23(26)27-9)15-25(22(20)14-19)28(16(3)4,17(5)6)18(7)8/h12-18H,10-11H2,1-9H3. The molecule has 0 saturated carbocycles. The molecule has 5 heteroatoms. The lowest BCUT2D eigenvalue weighted by molar-refractivity contribution is 0.0603. The van der Waals surface area contributed by atoms with E-state index in [0.29, 0.717) is 22.2 Å². The minimum Gasteiger partial charge on any atom is -0.465 e. The predicted octanol–water partition coefficient (Wildman–Crippen LogP) is 6.30. The smallest absolute Gasteiger partial charge is 0.340 e. The van der Waals surface area contributed by atoms with E-state index in [1.54, 1.807) is 0 Å². The fourth-order valence-electron chi connectivity index (χ4n) is 5.43. The van der Waals surface area contributed by atoms with Gasteiger partial charge in [-0.2, -0.15) is 0 Å². The lowest BCUT2D eigenvalue weighted by Gasteiger charge is -2.44. The van der Waals surface area contributed by atoms with Crippen LogP contribution in [0.4, 0.5) is 5.69 Å². The van der Waals surface area contributed by atoms with Crippen molar-refractivity contribution in [3.8, 4) is 0 Å². The maximum atomic E-state index is 12.6. The summed E-state index contributed by atoms with van der Waals surface area (Å²) in [6.45, 7) is 20.4. The molecule has 2 aromatic rings. The highest BCUT2D eigenvalue weighted by molar-refractivity contribution is 6.82. The second-order valence-electron chi connectivity index (χ2n) is 8.63. The first kappa shape index (κ1) is 22.5. The van der Waals surface area contributed by atoms with Crippen molar-refractivity contribution in [2.45, 2.75) is 72.0 Å². The maximum absolute atomic E-state index is 12.6. The Kier molecular flexibility index (Phi) is 7.02. The van der Waals surface area contributed by atoms with E-state index in [9.17, 15) is 4.79 Å². The first-order valence-electron chi connectivity index (χ1n) is 10.6. The van der Waals surface area contributed by atoms with Crippen molar-refractivity contribution in [1.82, 2.24) is 4.23 Å². The number of aromatic nitrogens is 1. The fourth-order valence-corrected chi connectivity index (χ4v) is 12.1. The largest absolute Gasteiger partial charge is 0.465 e. The molecule has 0 bridgehead atoms. The number of anilines is 1. The zero-order chi connectivity index (χ0) is 21.2. The Bertz CT molecular complexity index is 798. The molecule has 0 radical (unpaired) electrons. The lowest BCUT2D eigenvalue weighted by atomic mass is 10.1. The molecule has 0 aliphatic rings. The predicted molar refractivity (Wildman–Crippen MR) is 123 cm³/mol. The molecule has 28 heavy (non-hydrogen) atoms. The number of hydrogen-bond acceptors (Lipinski definition) is 3. The summed E-state index contributed by atoms with van der Waals surface area (Å²) >= 11 is 0. The van der Waals surface area contributed by atoms with Gasteiger partial charge in [0.2, 0.25) is 0 Å². The molecule has 0 amide bonds. The molecule has 156 valence electrons. The van der Waals surface area contributed by atoms with Crippen LogP contribution in [0.5, 0.6) is 0 Å².